The molecule has 0 amide bonds. The van der Waals surface area contributed by atoms with E-state index in [4.69, 9.17) is 47.4 Å². The van der Waals surface area contributed by atoms with Gasteiger partial charge in [-0.15, -0.1) is 0 Å². The fourth-order valence-corrected chi connectivity index (χ4v) is 2.81. The number of aliphatic hydroxyl groups is 1. The van der Waals surface area contributed by atoms with Gasteiger partial charge in [0.1, 0.15) is 0 Å². The van der Waals surface area contributed by atoms with E-state index in [1.54, 1.807) is 28.4 Å². The Morgan fingerprint density at radius 1 is 0.371 bits per heavy atom. The van der Waals surface area contributed by atoms with Crippen LogP contribution in [0.1, 0.15) is 0 Å². The van der Waals surface area contributed by atoms with Crippen molar-refractivity contribution >= 4 is 0 Å². The van der Waals surface area contributed by atoms with Crippen LogP contribution in [0.3, 0.4) is 0 Å². The minimum Gasteiger partial charge on any atom is -0.396 e. The summed E-state index contributed by atoms with van der Waals surface area (Å²) in [5, 5.41) is 9.74. The van der Waals surface area contributed by atoms with Crippen molar-refractivity contribution in [2.75, 3.05) is 141 Å². The topological polar surface area (TPSA) is 113 Å². The number of ether oxygens (including phenoxy) is 10. The Labute approximate surface area is 211 Å². The van der Waals surface area contributed by atoms with Crippen LogP contribution in [0.2, 0.25) is 0 Å². The standard InChI is InChI=1S/C24H50O11/c1-26-5-9-30-16-23(17-31-10-6-27-2)20-34-14-22(13-25)15-35-21-24(18-32-11-7-28-3)19-33-12-8-29-4/h22-25H,5-21H2,1-4H3. The van der Waals surface area contributed by atoms with Crippen LogP contribution in [0.4, 0.5) is 0 Å². The maximum Gasteiger partial charge on any atom is 0.0700 e. The minimum absolute atomic E-state index is 0.0291. The van der Waals surface area contributed by atoms with E-state index in [-0.39, 0.29) is 24.4 Å². The molecule has 0 bridgehead atoms. The Balaban J connectivity index is 4.32. The Morgan fingerprint density at radius 2 is 0.629 bits per heavy atom. The molecule has 0 aliphatic rings. The molecule has 35 heavy (non-hydrogen) atoms. The molecule has 0 saturated heterocycles. The summed E-state index contributed by atoms with van der Waals surface area (Å²) >= 11 is 0. The van der Waals surface area contributed by atoms with Crippen LogP contribution in [0, 0.1) is 17.8 Å². The van der Waals surface area contributed by atoms with Gasteiger partial charge >= 0.3 is 0 Å². The number of hydrogen-bond acceptors (Lipinski definition) is 11. The lowest BCUT2D eigenvalue weighted by Crippen LogP contribution is -2.28. The summed E-state index contributed by atoms with van der Waals surface area (Å²) in [6.07, 6.45) is 0. The van der Waals surface area contributed by atoms with Gasteiger partial charge in [0.15, 0.2) is 0 Å². The molecule has 0 aromatic carbocycles. The van der Waals surface area contributed by atoms with Crippen LogP contribution in [-0.4, -0.2) is 146 Å². The molecule has 0 spiro atoms. The average molecular weight is 515 g/mol. The Kier molecular flexibility index (Phi) is 27.8. The van der Waals surface area contributed by atoms with Crippen LogP contribution in [0.15, 0.2) is 0 Å². The summed E-state index contributed by atoms with van der Waals surface area (Å²) in [7, 11) is 6.56. The molecule has 0 radical (unpaired) electrons. The first kappa shape index (κ1) is 34.6. The van der Waals surface area contributed by atoms with E-state index >= 15 is 0 Å². The summed E-state index contributed by atoms with van der Waals surface area (Å²) in [4.78, 5) is 0. The summed E-state index contributed by atoms with van der Waals surface area (Å²) in [6.45, 7) is 7.89. The fourth-order valence-electron chi connectivity index (χ4n) is 2.81. The number of aliphatic hydroxyl groups excluding tert-OH is 1. The van der Waals surface area contributed by atoms with E-state index < -0.39 is 0 Å². The zero-order valence-electron chi connectivity index (χ0n) is 22.3. The van der Waals surface area contributed by atoms with Gasteiger partial charge < -0.3 is 52.5 Å². The fraction of sp³-hybridized carbons (Fsp3) is 1.00. The van der Waals surface area contributed by atoms with Crippen molar-refractivity contribution in [3.63, 3.8) is 0 Å². The number of methoxy groups -OCH3 is 4. The highest BCUT2D eigenvalue weighted by Gasteiger charge is 2.15. The smallest absolute Gasteiger partial charge is 0.0700 e. The zero-order valence-corrected chi connectivity index (χ0v) is 22.3. The second kappa shape index (κ2) is 28.1. The predicted octanol–water partition coefficient (Wildman–Crippen LogP) is 0.513. The largest absolute Gasteiger partial charge is 0.396 e. The van der Waals surface area contributed by atoms with Gasteiger partial charge in [0, 0.05) is 46.2 Å². The van der Waals surface area contributed by atoms with Crippen LogP contribution < -0.4 is 0 Å². The average Bonchev–Trinajstić information content (AvgIpc) is 2.87. The molecule has 11 nitrogen and oxygen atoms in total. The maximum absolute atomic E-state index is 9.74. The molecule has 0 unspecified atom stereocenters. The Bertz CT molecular complexity index is 346. The first-order valence-electron chi connectivity index (χ1n) is 12.2. The van der Waals surface area contributed by atoms with Crippen LogP contribution >= 0.6 is 0 Å². The lowest BCUT2D eigenvalue weighted by Gasteiger charge is -2.21. The van der Waals surface area contributed by atoms with Crippen molar-refractivity contribution in [1.82, 2.24) is 0 Å². The first-order valence-corrected chi connectivity index (χ1v) is 12.2. The third kappa shape index (κ3) is 23.7. The van der Waals surface area contributed by atoms with E-state index in [0.29, 0.717) is 106 Å². The summed E-state index contributed by atoms with van der Waals surface area (Å²) < 4.78 is 54.3. The molecular formula is C24H50O11. The number of hydrogen-bond donors (Lipinski definition) is 1. The van der Waals surface area contributed by atoms with Crippen LogP contribution in [-0.2, 0) is 47.4 Å². The van der Waals surface area contributed by atoms with E-state index in [2.05, 4.69) is 0 Å². The van der Waals surface area contributed by atoms with E-state index in [1.165, 1.54) is 0 Å². The molecule has 0 aliphatic carbocycles. The highest BCUT2D eigenvalue weighted by Crippen LogP contribution is 2.07. The first-order chi connectivity index (χ1) is 17.2. The van der Waals surface area contributed by atoms with Gasteiger partial charge in [0.05, 0.1) is 112 Å². The second-order valence-corrected chi connectivity index (χ2v) is 8.13. The van der Waals surface area contributed by atoms with E-state index in [9.17, 15) is 5.11 Å². The molecule has 0 heterocycles. The molecular weight excluding hydrogens is 464 g/mol. The molecule has 1 N–H and O–H groups in total. The summed E-state index contributed by atoms with van der Waals surface area (Å²) in [5.41, 5.74) is 0. The molecule has 0 fully saturated rings. The SMILES string of the molecule is COCCOCC(COCCOC)COCC(CO)COCC(COCCOC)COCCOC. The lowest BCUT2D eigenvalue weighted by molar-refractivity contribution is -0.0514. The quantitative estimate of drug-likeness (QED) is 0.141. The molecule has 0 aromatic rings. The highest BCUT2D eigenvalue weighted by atomic mass is 16.5. The van der Waals surface area contributed by atoms with Crippen LogP contribution in [0.25, 0.3) is 0 Å². The second-order valence-electron chi connectivity index (χ2n) is 8.13. The molecule has 0 aliphatic heterocycles. The Hall–Kier alpha value is -0.440. The summed E-state index contributed by atoms with van der Waals surface area (Å²) in [6, 6.07) is 0. The van der Waals surface area contributed by atoms with Gasteiger partial charge in [0.25, 0.3) is 0 Å². The van der Waals surface area contributed by atoms with E-state index in [1.807, 2.05) is 0 Å². The zero-order chi connectivity index (χ0) is 25.8. The molecule has 0 saturated carbocycles. The van der Waals surface area contributed by atoms with Gasteiger partial charge in [-0.2, -0.15) is 0 Å². The summed E-state index contributed by atoms with van der Waals surface area (Å²) in [5.74, 6) is 0.00708. The predicted molar refractivity (Wildman–Crippen MR) is 130 cm³/mol. The molecule has 0 atom stereocenters. The van der Waals surface area contributed by atoms with Crippen molar-refractivity contribution < 1.29 is 52.5 Å². The van der Waals surface area contributed by atoms with Crippen molar-refractivity contribution in [2.45, 2.75) is 0 Å². The van der Waals surface area contributed by atoms with Gasteiger partial charge in [-0.25, -0.2) is 0 Å². The number of rotatable bonds is 29. The molecule has 0 rings (SSSR count). The lowest BCUT2D eigenvalue weighted by atomic mass is 10.1. The molecule has 212 valence electrons. The minimum atomic E-state index is -0.135. The molecule has 11 heteroatoms. The highest BCUT2D eigenvalue weighted by molar-refractivity contribution is 4.62. The van der Waals surface area contributed by atoms with E-state index in [0.717, 1.165) is 0 Å². The third-order valence-electron chi connectivity index (χ3n) is 4.81. The normalized spacial score (nSPS) is 12.0. The van der Waals surface area contributed by atoms with Gasteiger partial charge in [0.2, 0.25) is 0 Å². The third-order valence-corrected chi connectivity index (χ3v) is 4.81. The van der Waals surface area contributed by atoms with Crippen LogP contribution in [0.5, 0.6) is 0 Å². The van der Waals surface area contributed by atoms with Gasteiger partial charge in [-0.1, -0.05) is 0 Å². The Morgan fingerprint density at radius 3 is 0.886 bits per heavy atom. The van der Waals surface area contributed by atoms with Crippen molar-refractivity contribution in [3.05, 3.63) is 0 Å². The van der Waals surface area contributed by atoms with Crippen molar-refractivity contribution in [2.24, 2.45) is 17.8 Å². The van der Waals surface area contributed by atoms with Crippen molar-refractivity contribution in [3.8, 4) is 0 Å². The van der Waals surface area contributed by atoms with Crippen molar-refractivity contribution in [1.29, 1.82) is 0 Å². The monoisotopic (exact) mass is 514 g/mol. The molecule has 0 aromatic heterocycles. The maximum atomic E-state index is 9.74. The van der Waals surface area contributed by atoms with Gasteiger partial charge in [-0.05, 0) is 0 Å². The van der Waals surface area contributed by atoms with Gasteiger partial charge in [-0.3, -0.25) is 0 Å².